The van der Waals surface area contributed by atoms with Gasteiger partial charge in [0.05, 0.1) is 39.1 Å². The molecule has 0 saturated carbocycles. The van der Waals surface area contributed by atoms with Gasteiger partial charge in [0.25, 0.3) is 11.8 Å². The molecule has 1 saturated heterocycles. The van der Waals surface area contributed by atoms with Gasteiger partial charge in [-0.3, -0.25) is 14.6 Å². The van der Waals surface area contributed by atoms with Crippen LogP contribution >= 0.6 is 0 Å². The van der Waals surface area contributed by atoms with Crippen LogP contribution in [0.1, 0.15) is 15.9 Å². The van der Waals surface area contributed by atoms with Crippen LogP contribution in [0.25, 0.3) is 0 Å². The van der Waals surface area contributed by atoms with Crippen LogP contribution in [-0.4, -0.2) is 56.2 Å². The van der Waals surface area contributed by atoms with Crippen molar-refractivity contribution in [3.05, 3.63) is 53.6 Å². The van der Waals surface area contributed by atoms with Crippen molar-refractivity contribution in [2.24, 2.45) is 10.3 Å². The fourth-order valence-corrected chi connectivity index (χ4v) is 3.66. The zero-order chi connectivity index (χ0) is 22.1. The van der Waals surface area contributed by atoms with Crippen LogP contribution in [0.2, 0.25) is 0 Å². The number of ether oxygens (including phenoxy) is 3. The predicted octanol–water partition coefficient (Wildman–Crippen LogP) is 1.98. The number of amides is 2. The average Bonchev–Trinajstić information content (AvgIpc) is 3.32. The molecule has 10 heteroatoms. The zero-order valence-electron chi connectivity index (χ0n) is 17.1. The number of benzene rings is 2. The Morgan fingerprint density at radius 2 is 1.74 bits per heavy atom. The van der Waals surface area contributed by atoms with E-state index in [1.807, 2.05) is 0 Å². The summed E-state index contributed by atoms with van der Waals surface area (Å²) in [5.41, 5.74) is 1.37. The van der Waals surface area contributed by atoms with E-state index in [1.54, 1.807) is 42.5 Å². The standard InChI is InChI=1S/C21H20N4O6/c1-29-15-7-5-14(6-8-15)25-19(26)17-18(20(25)27)24(23-22-17)11-13-10-12(21(28)31-3)4-9-16(13)30-2/h4-10,17-18H,11H2,1-3H3/t17-,18-/m0/s1. The molecule has 1 fully saturated rings. The minimum Gasteiger partial charge on any atom is -0.497 e. The lowest BCUT2D eigenvalue weighted by Gasteiger charge is -2.22. The van der Waals surface area contributed by atoms with Crippen molar-refractivity contribution in [2.45, 2.75) is 18.6 Å². The van der Waals surface area contributed by atoms with Gasteiger partial charge in [-0.05, 0) is 42.5 Å². The second kappa shape index (κ2) is 8.05. The number of rotatable bonds is 6. The molecule has 0 aromatic heterocycles. The summed E-state index contributed by atoms with van der Waals surface area (Å²) < 4.78 is 15.3. The van der Waals surface area contributed by atoms with Gasteiger partial charge in [-0.1, -0.05) is 5.22 Å². The van der Waals surface area contributed by atoms with Crippen LogP contribution in [0.4, 0.5) is 5.69 Å². The molecule has 2 atom stereocenters. The fraction of sp³-hybridized carbons (Fsp3) is 0.286. The first-order valence-corrected chi connectivity index (χ1v) is 9.43. The smallest absolute Gasteiger partial charge is 0.337 e. The van der Waals surface area contributed by atoms with Gasteiger partial charge in [0.1, 0.15) is 11.5 Å². The molecule has 2 aromatic rings. The van der Waals surface area contributed by atoms with E-state index in [4.69, 9.17) is 14.2 Å². The molecular formula is C21H20N4O6. The highest BCUT2D eigenvalue weighted by Crippen LogP contribution is 2.34. The van der Waals surface area contributed by atoms with Crippen molar-refractivity contribution in [3.63, 3.8) is 0 Å². The van der Waals surface area contributed by atoms with E-state index in [9.17, 15) is 14.4 Å². The first-order chi connectivity index (χ1) is 15.0. The number of methoxy groups -OCH3 is 3. The van der Waals surface area contributed by atoms with Crippen LogP contribution in [0.3, 0.4) is 0 Å². The molecule has 4 rings (SSSR count). The predicted molar refractivity (Wildman–Crippen MR) is 108 cm³/mol. The number of esters is 1. The van der Waals surface area contributed by atoms with Gasteiger partial charge in [0, 0.05) is 5.56 Å². The van der Waals surface area contributed by atoms with Crippen molar-refractivity contribution in [1.29, 1.82) is 0 Å². The van der Waals surface area contributed by atoms with E-state index in [0.717, 1.165) is 4.90 Å². The number of imide groups is 1. The molecule has 2 heterocycles. The molecule has 0 radical (unpaired) electrons. The summed E-state index contributed by atoms with van der Waals surface area (Å²) in [6.07, 6.45) is 0. The maximum atomic E-state index is 13.1. The number of hydrogen-bond acceptors (Lipinski definition) is 9. The Balaban J connectivity index is 1.60. The van der Waals surface area contributed by atoms with Gasteiger partial charge in [-0.25, -0.2) is 9.69 Å². The lowest BCUT2D eigenvalue weighted by molar-refractivity contribution is -0.123. The summed E-state index contributed by atoms with van der Waals surface area (Å²) in [6.45, 7) is 0.119. The molecule has 0 N–H and O–H groups in total. The van der Waals surface area contributed by atoms with Crippen molar-refractivity contribution >= 4 is 23.5 Å². The molecule has 2 aliphatic rings. The van der Waals surface area contributed by atoms with E-state index < -0.39 is 29.9 Å². The monoisotopic (exact) mass is 424 g/mol. The van der Waals surface area contributed by atoms with Gasteiger partial charge in [-0.2, -0.15) is 5.11 Å². The largest absolute Gasteiger partial charge is 0.497 e. The molecule has 0 unspecified atom stereocenters. The number of carbonyl (C=O) groups is 3. The van der Waals surface area contributed by atoms with E-state index in [1.165, 1.54) is 26.3 Å². The Kier molecular flexibility index (Phi) is 5.28. The fourth-order valence-electron chi connectivity index (χ4n) is 3.66. The molecule has 0 spiro atoms. The first kappa shape index (κ1) is 20.3. The minimum absolute atomic E-state index is 0.119. The second-order valence-electron chi connectivity index (χ2n) is 6.92. The summed E-state index contributed by atoms with van der Waals surface area (Å²) in [4.78, 5) is 39.0. The van der Waals surface area contributed by atoms with Crippen LogP contribution in [0.5, 0.6) is 11.5 Å². The lowest BCUT2D eigenvalue weighted by atomic mass is 10.1. The number of fused-ring (bicyclic) bond motifs is 1. The van der Waals surface area contributed by atoms with Crippen LogP contribution < -0.4 is 14.4 Å². The number of hydrogen-bond donors (Lipinski definition) is 0. The summed E-state index contributed by atoms with van der Waals surface area (Å²) in [6, 6.07) is 9.65. The summed E-state index contributed by atoms with van der Waals surface area (Å²) in [5, 5.41) is 9.51. The molecule has 31 heavy (non-hydrogen) atoms. The quantitative estimate of drug-likeness (QED) is 0.515. The minimum atomic E-state index is -0.926. The van der Waals surface area contributed by atoms with Gasteiger partial charge in [0.15, 0.2) is 12.1 Å². The zero-order valence-corrected chi connectivity index (χ0v) is 17.1. The van der Waals surface area contributed by atoms with Crippen molar-refractivity contribution in [2.75, 3.05) is 26.2 Å². The molecular weight excluding hydrogens is 404 g/mol. The van der Waals surface area contributed by atoms with Crippen molar-refractivity contribution in [3.8, 4) is 11.5 Å². The summed E-state index contributed by atoms with van der Waals surface area (Å²) in [7, 11) is 4.33. The Hall–Kier alpha value is -3.95. The lowest BCUT2D eigenvalue weighted by Crippen LogP contribution is -2.39. The normalized spacial score (nSPS) is 19.6. The first-order valence-electron chi connectivity index (χ1n) is 9.43. The van der Waals surface area contributed by atoms with Gasteiger partial charge < -0.3 is 14.2 Å². The topological polar surface area (TPSA) is 110 Å². The third-order valence-corrected chi connectivity index (χ3v) is 5.22. The molecule has 2 amide bonds. The third kappa shape index (κ3) is 3.45. The van der Waals surface area contributed by atoms with E-state index in [0.29, 0.717) is 28.3 Å². The number of nitrogens with zero attached hydrogens (tertiary/aromatic N) is 4. The number of carbonyl (C=O) groups excluding carboxylic acids is 3. The molecule has 2 aromatic carbocycles. The van der Waals surface area contributed by atoms with Crippen LogP contribution in [0, 0.1) is 0 Å². The van der Waals surface area contributed by atoms with Crippen LogP contribution in [-0.2, 0) is 20.9 Å². The average molecular weight is 424 g/mol. The highest BCUT2D eigenvalue weighted by atomic mass is 16.5. The van der Waals surface area contributed by atoms with Gasteiger partial charge >= 0.3 is 5.97 Å². The summed E-state index contributed by atoms with van der Waals surface area (Å²) in [5.74, 6) is -0.241. The second-order valence-corrected chi connectivity index (χ2v) is 6.92. The van der Waals surface area contributed by atoms with Crippen molar-refractivity contribution in [1.82, 2.24) is 5.01 Å². The third-order valence-electron chi connectivity index (χ3n) is 5.22. The summed E-state index contributed by atoms with van der Waals surface area (Å²) >= 11 is 0. The number of anilines is 1. The Bertz CT molecular complexity index is 1070. The Morgan fingerprint density at radius 1 is 1.00 bits per heavy atom. The Labute approximate surface area is 178 Å². The van der Waals surface area contributed by atoms with E-state index >= 15 is 0 Å². The van der Waals surface area contributed by atoms with E-state index in [-0.39, 0.29) is 6.54 Å². The van der Waals surface area contributed by atoms with Gasteiger partial charge in [0.2, 0.25) is 0 Å². The molecule has 0 bridgehead atoms. The van der Waals surface area contributed by atoms with Crippen molar-refractivity contribution < 1.29 is 28.6 Å². The Morgan fingerprint density at radius 3 is 2.39 bits per heavy atom. The maximum Gasteiger partial charge on any atom is 0.337 e. The highest BCUT2D eigenvalue weighted by Gasteiger charge is 2.54. The molecule has 10 nitrogen and oxygen atoms in total. The van der Waals surface area contributed by atoms with Gasteiger partial charge in [-0.15, -0.1) is 0 Å². The van der Waals surface area contributed by atoms with E-state index in [2.05, 4.69) is 10.3 Å². The molecule has 160 valence electrons. The highest BCUT2D eigenvalue weighted by molar-refractivity contribution is 6.25. The maximum absolute atomic E-state index is 13.1. The SMILES string of the molecule is COC(=O)c1ccc(OC)c(CN2N=N[C@@H]3C(=O)N(c4ccc(OC)cc4)C(=O)[C@H]32)c1. The molecule has 2 aliphatic heterocycles. The molecule has 0 aliphatic carbocycles. The van der Waals surface area contributed by atoms with Crippen LogP contribution in [0.15, 0.2) is 52.8 Å².